The minimum absolute atomic E-state index is 0.156. The van der Waals surface area contributed by atoms with E-state index in [1.807, 2.05) is 24.5 Å². The first-order valence-electron chi connectivity index (χ1n) is 8.07. The van der Waals surface area contributed by atoms with Crippen molar-refractivity contribution in [2.75, 3.05) is 17.7 Å². The van der Waals surface area contributed by atoms with Crippen LogP contribution < -0.4 is 4.90 Å². The Morgan fingerprint density at radius 2 is 2.15 bits per heavy atom. The van der Waals surface area contributed by atoms with Gasteiger partial charge in [0, 0.05) is 16.3 Å². The van der Waals surface area contributed by atoms with Gasteiger partial charge >= 0.3 is 0 Å². The summed E-state index contributed by atoms with van der Waals surface area (Å²) in [5.41, 5.74) is 0.952. The lowest BCUT2D eigenvalue weighted by Crippen LogP contribution is -2.32. The van der Waals surface area contributed by atoms with E-state index < -0.39 is 0 Å². The molecule has 0 bridgehead atoms. The maximum atomic E-state index is 13.0. The molecule has 1 amide bonds. The Morgan fingerprint density at radius 3 is 2.88 bits per heavy atom. The molecule has 0 aliphatic heterocycles. The number of hydrogen-bond donors (Lipinski definition) is 0. The molecule has 0 spiro atoms. The minimum atomic E-state index is -0.156. The third-order valence-corrected chi connectivity index (χ3v) is 6.71. The maximum absolute atomic E-state index is 13.0. The van der Waals surface area contributed by atoms with E-state index in [1.54, 1.807) is 51.5 Å². The molecule has 0 fully saturated rings. The Kier molecular flexibility index (Phi) is 5.10. The number of carbonyl (C=O) groups excluding carboxylic acids is 1. The number of rotatable bonds is 6. The minimum Gasteiger partial charge on any atom is -0.459 e. The number of fused-ring (bicyclic) bond motifs is 1. The van der Waals surface area contributed by atoms with Crippen molar-refractivity contribution in [2.45, 2.75) is 11.3 Å². The van der Waals surface area contributed by atoms with Gasteiger partial charge in [-0.1, -0.05) is 23.5 Å². The number of thiophene rings is 1. The van der Waals surface area contributed by atoms with Crippen molar-refractivity contribution in [1.29, 1.82) is 0 Å². The number of anilines is 1. The van der Waals surface area contributed by atoms with Crippen LogP contribution in [0.1, 0.15) is 15.4 Å². The highest BCUT2D eigenvalue weighted by atomic mass is 32.2. The van der Waals surface area contributed by atoms with Crippen molar-refractivity contribution < 1.29 is 9.21 Å². The topological polar surface area (TPSA) is 46.3 Å². The van der Waals surface area contributed by atoms with E-state index in [4.69, 9.17) is 9.40 Å². The molecule has 3 heterocycles. The average molecular weight is 401 g/mol. The van der Waals surface area contributed by atoms with Gasteiger partial charge in [-0.15, -0.1) is 23.1 Å². The first-order valence-corrected chi connectivity index (χ1v) is 11.0. The number of carbonyl (C=O) groups is 1. The Labute approximate surface area is 163 Å². The van der Waals surface area contributed by atoms with Crippen LogP contribution in [-0.2, 0) is 6.42 Å². The van der Waals surface area contributed by atoms with Gasteiger partial charge in [0.2, 0.25) is 0 Å². The molecule has 0 unspecified atom stereocenters. The Morgan fingerprint density at radius 1 is 1.23 bits per heavy atom. The van der Waals surface area contributed by atoms with Crippen LogP contribution in [0.5, 0.6) is 0 Å². The van der Waals surface area contributed by atoms with Crippen molar-refractivity contribution in [3.05, 3.63) is 64.7 Å². The largest absolute Gasteiger partial charge is 0.459 e. The molecule has 4 aromatic rings. The molecule has 26 heavy (non-hydrogen) atoms. The molecule has 1 aromatic carbocycles. The molecule has 0 N–H and O–H groups in total. The molecular formula is C19H16N2O2S3. The normalized spacial score (nSPS) is 11.1. The molecule has 7 heteroatoms. The van der Waals surface area contributed by atoms with Gasteiger partial charge in [-0.25, -0.2) is 4.98 Å². The summed E-state index contributed by atoms with van der Waals surface area (Å²) >= 11 is 4.90. The van der Waals surface area contributed by atoms with Gasteiger partial charge in [0.1, 0.15) is 0 Å². The van der Waals surface area contributed by atoms with Crippen LogP contribution in [0.15, 0.2) is 63.4 Å². The Balaban J connectivity index is 1.70. The van der Waals surface area contributed by atoms with Gasteiger partial charge in [-0.05, 0) is 48.4 Å². The fourth-order valence-corrected chi connectivity index (χ4v) is 5.03. The molecule has 0 radical (unpaired) electrons. The standard InChI is InChI=1S/C19H16N2O2S3/c1-24-15-7-2-8-16-17(15)20-19(26-16)21(10-9-13-5-4-12-25-13)18(22)14-6-3-11-23-14/h2-8,11-12H,9-10H2,1H3. The van der Waals surface area contributed by atoms with Gasteiger partial charge < -0.3 is 4.42 Å². The van der Waals surface area contributed by atoms with Gasteiger partial charge in [-0.2, -0.15) is 0 Å². The summed E-state index contributed by atoms with van der Waals surface area (Å²) in [4.78, 5) is 21.9. The molecule has 4 nitrogen and oxygen atoms in total. The van der Waals surface area contributed by atoms with Crippen LogP contribution in [0, 0.1) is 0 Å². The molecule has 0 saturated carbocycles. The Bertz CT molecular complexity index is 1010. The number of thioether (sulfide) groups is 1. The van der Waals surface area contributed by atoms with Crippen LogP contribution in [0.3, 0.4) is 0 Å². The lowest BCUT2D eigenvalue weighted by Gasteiger charge is -2.18. The lowest BCUT2D eigenvalue weighted by molar-refractivity contribution is 0.0960. The number of aromatic nitrogens is 1. The Hall–Kier alpha value is -2.09. The zero-order valence-corrected chi connectivity index (χ0v) is 16.5. The predicted octanol–water partition coefficient (Wildman–Crippen LogP) is 5.56. The van der Waals surface area contributed by atoms with Gasteiger partial charge in [0.15, 0.2) is 10.9 Å². The first kappa shape index (κ1) is 17.3. The number of thiazole rings is 1. The molecule has 4 rings (SSSR count). The second-order valence-corrected chi connectivity index (χ2v) is 8.46. The van der Waals surface area contributed by atoms with Gasteiger partial charge in [0.25, 0.3) is 5.91 Å². The number of nitrogens with zero attached hydrogens (tertiary/aromatic N) is 2. The second kappa shape index (κ2) is 7.65. The number of para-hydroxylation sites is 1. The molecule has 3 aromatic heterocycles. The third-order valence-electron chi connectivity index (χ3n) is 3.96. The van der Waals surface area contributed by atoms with Crippen LogP contribution in [0.2, 0.25) is 0 Å². The summed E-state index contributed by atoms with van der Waals surface area (Å²) in [7, 11) is 0. The third kappa shape index (κ3) is 3.42. The van der Waals surface area contributed by atoms with Crippen LogP contribution in [-0.4, -0.2) is 23.7 Å². The molecule has 132 valence electrons. The smallest absolute Gasteiger partial charge is 0.295 e. The van der Waals surface area contributed by atoms with E-state index >= 15 is 0 Å². The van der Waals surface area contributed by atoms with Crippen molar-refractivity contribution in [3.8, 4) is 0 Å². The van der Waals surface area contributed by atoms with Crippen LogP contribution in [0.4, 0.5) is 5.13 Å². The predicted molar refractivity (Wildman–Crippen MR) is 110 cm³/mol. The average Bonchev–Trinajstić information content (AvgIpc) is 3.41. The molecular weight excluding hydrogens is 384 g/mol. The van der Waals surface area contributed by atoms with Crippen LogP contribution in [0.25, 0.3) is 10.2 Å². The number of furan rings is 1. The molecule has 0 atom stereocenters. The number of benzene rings is 1. The SMILES string of the molecule is CSc1cccc2sc(N(CCc3cccs3)C(=O)c3ccco3)nc12. The van der Waals surface area contributed by atoms with Crippen molar-refractivity contribution >= 4 is 55.7 Å². The summed E-state index contributed by atoms with van der Waals surface area (Å²) in [6.45, 7) is 0.564. The van der Waals surface area contributed by atoms with E-state index in [0.717, 1.165) is 21.5 Å². The van der Waals surface area contributed by atoms with E-state index in [2.05, 4.69) is 17.5 Å². The van der Waals surface area contributed by atoms with E-state index in [1.165, 1.54) is 11.1 Å². The van der Waals surface area contributed by atoms with Gasteiger partial charge in [0.05, 0.1) is 16.5 Å². The summed E-state index contributed by atoms with van der Waals surface area (Å²) in [6.07, 6.45) is 4.35. The molecule has 0 aliphatic carbocycles. The lowest BCUT2D eigenvalue weighted by atomic mass is 10.3. The second-order valence-electron chi connectivity index (χ2n) is 5.57. The highest BCUT2D eigenvalue weighted by molar-refractivity contribution is 7.98. The highest BCUT2D eigenvalue weighted by Gasteiger charge is 2.23. The van der Waals surface area contributed by atoms with Crippen LogP contribution >= 0.6 is 34.4 Å². The summed E-state index contributed by atoms with van der Waals surface area (Å²) in [5.74, 6) is 0.178. The molecule has 0 aliphatic rings. The summed E-state index contributed by atoms with van der Waals surface area (Å²) < 4.78 is 6.42. The maximum Gasteiger partial charge on any atom is 0.295 e. The fourth-order valence-electron chi connectivity index (χ4n) is 2.69. The van der Waals surface area contributed by atoms with Gasteiger partial charge in [-0.3, -0.25) is 9.69 Å². The fraction of sp³-hybridized carbons (Fsp3) is 0.158. The zero-order chi connectivity index (χ0) is 17.9. The summed E-state index contributed by atoms with van der Waals surface area (Å²) in [6, 6.07) is 13.7. The van der Waals surface area contributed by atoms with E-state index in [0.29, 0.717) is 17.4 Å². The zero-order valence-electron chi connectivity index (χ0n) is 14.0. The quantitative estimate of drug-likeness (QED) is 0.397. The number of hydrogen-bond acceptors (Lipinski definition) is 6. The first-order chi connectivity index (χ1) is 12.8. The number of amides is 1. The van der Waals surface area contributed by atoms with Crippen molar-refractivity contribution in [2.24, 2.45) is 0 Å². The van der Waals surface area contributed by atoms with E-state index in [-0.39, 0.29) is 5.91 Å². The molecule has 0 saturated heterocycles. The van der Waals surface area contributed by atoms with Crippen molar-refractivity contribution in [1.82, 2.24) is 4.98 Å². The van der Waals surface area contributed by atoms with Crippen molar-refractivity contribution in [3.63, 3.8) is 0 Å². The highest BCUT2D eigenvalue weighted by Crippen LogP contribution is 2.34. The monoisotopic (exact) mass is 400 g/mol. The summed E-state index contributed by atoms with van der Waals surface area (Å²) in [5, 5.41) is 2.76. The van der Waals surface area contributed by atoms with E-state index in [9.17, 15) is 4.79 Å².